The predicted molar refractivity (Wildman–Crippen MR) is 87.5 cm³/mol. The summed E-state index contributed by atoms with van der Waals surface area (Å²) in [4.78, 5) is 38.6. The van der Waals surface area contributed by atoms with Crippen molar-refractivity contribution in [1.29, 1.82) is 0 Å². The van der Waals surface area contributed by atoms with Crippen molar-refractivity contribution in [2.45, 2.75) is 25.9 Å². The van der Waals surface area contributed by atoms with Crippen molar-refractivity contribution in [2.75, 3.05) is 19.6 Å². The van der Waals surface area contributed by atoms with E-state index in [0.29, 0.717) is 17.3 Å². The fourth-order valence-corrected chi connectivity index (χ4v) is 2.97. The number of nitrogens with zero attached hydrogens (tertiary/aromatic N) is 2. The van der Waals surface area contributed by atoms with Crippen LogP contribution in [0.5, 0.6) is 0 Å². The molecule has 7 heteroatoms. The zero-order valence-electron chi connectivity index (χ0n) is 13.0. The molecule has 3 rings (SSSR count). The number of aryl methyl sites for hydroxylation is 1. The Hall–Kier alpha value is -2.41. The van der Waals surface area contributed by atoms with Gasteiger partial charge in [0.25, 0.3) is 11.1 Å². The van der Waals surface area contributed by atoms with Crippen LogP contribution in [0.4, 0.5) is 0 Å². The van der Waals surface area contributed by atoms with Gasteiger partial charge in [0.15, 0.2) is 0 Å². The Labute approximate surface area is 132 Å². The minimum Gasteiger partial charge on any atom is -0.337 e. The third kappa shape index (κ3) is 3.05. The number of hydrogen-bond acceptors (Lipinski definition) is 4. The van der Waals surface area contributed by atoms with Gasteiger partial charge in [0, 0.05) is 32.1 Å². The van der Waals surface area contributed by atoms with Gasteiger partial charge in [0.1, 0.15) is 0 Å². The average molecular weight is 316 g/mol. The number of aromatic nitrogens is 2. The Bertz CT molecular complexity index is 839. The zero-order chi connectivity index (χ0) is 16.4. The van der Waals surface area contributed by atoms with Crippen LogP contribution in [0.15, 0.2) is 33.9 Å². The monoisotopic (exact) mass is 316 g/mol. The first-order valence-corrected chi connectivity index (χ1v) is 7.80. The van der Waals surface area contributed by atoms with Crippen LogP contribution in [0.3, 0.4) is 0 Å². The van der Waals surface area contributed by atoms with Crippen LogP contribution in [0.1, 0.15) is 13.3 Å². The summed E-state index contributed by atoms with van der Waals surface area (Å²) in [7, 11) is 0. The third-order valence-electron chi connectivity index (χ3n) is 4.25. The molecule has 1 aliphatic heterocycles. The molecule has 1 aromatic carbocycles. The van der Waals surface area contributed by atoms with E-state index in [1.165, 1.54) is 4.68 Å². The third-order valence-corrected chi connectivity index (χ3v) is 4.25. The number of hydrogen-bond donors (Lipinski definition) is 2. The van der Waals surface area contributed by atoms with E-state index in [4.69, 9.17) is 0 Å². The quantitative estimate of drug-likeness (QED) is 0.828. The van der Waals surface area contributed by atoms with Gasteiger partial charge < -0.3 is 10.2 Å². The number of carbonyl (C=O) groups is 1. The molecule has 2 heterocycles. The van der Waals surface area contributed by atoms with E-state index in [1.807, 2.05) is 11.8 Å². The van der Waals surface area contributed by atoms with Gasteiger partial charge in [-0.2, -0.15) is 0 Å². The summed E-state index contributed by atoms with van der Waals surface area (Å²) in [6, 6.07) is 6.83. The molecule has 1 aromatic heterocycles. The molecule has 0 aliphatic carbocycles. The van der Waals surface area contributed by atoms with Crippen molar-refractivity contribution in [3.05, 3.63) is 45.0 Å². The highest BCUT2D eigenvalue weighted by atomic mass is 16.2. The minimum atomic E-state index is -0.316. The second-order valence-corrected chi connectivity index (χ2v) is 5.83. The van der Waals surface area contributed by atoms with Gasteiger partial charge in [0.05, 0.1) is 17.3 Å². The topological polar surface area (TPSA) is 87.2 Å². The van der Waals surface area contributed by atoms with Crippen molar-refractivity contribution in [2.24, 2.45) is 0 Å². The second kappa shape index (κ2) is 6.37. The van der Waals surface area contributed by atoms with E-state index < -0.39 is 0 Å². The van der Waals surface area contributed by atoms with Crippen LogP contribution in [-0.2, 0) is 11.3 Å². The summed E-state index contributed by atoms with van der Waals surface area (Å²) in [5.41, 5.74) is -0.593. The summed E-state index contributed by atoms with van der Waals surface area (Å²) in [6.45, 7) is 4.40. The lowest BCUT2D eigenvalue weighted by atomic mass is 10.2. The normalized spacial score (nSPS) is 18.3. The Kier molecular flexibility index (Phi) is 4.29. The van der Waals surface area contributed by atoms with Crippen LogP contribution in [0, 0.1) is 0 Å². The molecule has 1 atom stereocenters. The van der Waals surface area contributed by atoms with Gasteiger partial charge in [-0.15, -0.1) is 0 Å². The SMILES string of the molecule is C[C@@H]1CNCCN1C(=O)CCn1[nH]c(=O)c2ccccc2c1=O. The minimum absolute atomic E-state index is 0.0000856. The van der Waals surface area contributed by atoms with E-state index in [2.05, 4.69) is 10.4 Å². The van der Waals surface area contributed by atoms with Gasteiger partial charge in [-0.05, 0) is 19.1 Å². The molecule has 0 radical (unpaired) electrons. The van der Waals surface area contributed by atoms with Gasteiger partial charge >= 0.3 is 0 Å². The molecule has 0 unspecified atom stereocenters. The molecule has 1 saturated heterocycles. The number of H-pyrrole nitrogens is 1. The first-order valence-electron chi connectivity index (χ1n) is 7.80. The molecule has 122 valence electrons. The number of piperazine rings is 1. The maximum atomic E-state index is 12.4. The molecule has 0 bridgehead atoms. The maximum Gasteiger partial charge on any atom is 0.273 e. The number of fused-ring (bicyclic) bond motifs is 1. The highest BCUT2D eigenvalue weighted by Gasteiger charge is 2.22. The van der Waals surface area contributed by atoms with E-state index in [9.17, 15) is 14.4 Å². The molecular formula is C16H20N4O3. The van der Waals surface area contributed by atoms with Crippen LogP contribution in [0.25, 0.3) is 10.8 Å². The molecule has 1 aliphatic rings. The van der Waals surface area contributed by atoms with E-state index >= 15 is 0 Å². The average Bonchev–Trinajstić information content (AvgIpc) is 2.57. The number of rotatable bonds is 3. The zero-order valence-corrected chi connectivity index (χ0v) is 13.0. The van der Waals surface area contributed by atoms with Crippen molar-refractivity contribution in [3.63, 3.8) is 0 Å². The number of amides is 1. The first-order chi connectivity index (χ1) is 11.1. The molecule has 1 amide bonds. The molecule has 0 saturated carbocycles. The number of nitrogens with one attached hydrogen (secondary N) is 2. The van der Waals surface area contributed by atoms with E-state index in [-0.39, 0.29) is 36.0 Å². The summed E-state index contributed by atoms with van der Waals surface area (Å²) in [6.07, 6.45) is 0.193. The summed E-state index contributed by atoms with van der Waals surface area (Å²) in [5, 5.41) is 6.53. The van der Waals surface area contributed by atoms with Crippen LogP contribution in [-0.4, -0.2) is 46.3 Å². The van der Waals surface area contributed by atoms with E-state index in [0.717, 1.165) is 13.1 Å². The molecule has 0 spiro atoms. The van der Waals surface area contributed by atoms with Crippen molar-refractivity contribution < 1.29 is 4.79 Å². The lowest BCUT2D eigenvalue weighted by Crippen LogP contribution is -2.52. The fraction of sp³-hybridized carbons (Fsp3) is 0.438. The Balaban J connectivity index is 1.80. The maximum absolute atomic E-state index is 12.4. The molecule has 23 heavy (non-hydrogen) atoms. The Morgan fingerprint density at radius 1 is 1.26 bits per heavy atom. The van der Waals surface area contributed by atoms with Crippen LogP contribution < -0.4 is 16.4 Å². The predicted octanol–water partition coefficient (Wildman–Crippen LogP) is -0.0998. The number of benzene rings is 1. The Morgan fingerprint density at radius 3 is 2.74 bits per heavy atom. The van der Waals surface area contributed by atoms with Gasteiger partial charge in [0.2, 0.25) is 5.91 Å². The molecule has 7 nitrogen and oxygen atoms in total. The lowest BCUT2D eigenvalue weighted by Gasteiger charge is -2.34. The van der Waals surface area contributed by atoms with Crippen molar-refractivity contribution in [3.8, 4) is 0 Å². The second-order valence-electron chi connectivity index (χ2n) is 5.83. The largest absolute Gasteiger partial charge is 0.337 e. The summed E-state index contributed by atoms with van der Waals surface area (Å²) in [5.74, 6) is -0.0000856. The molecular weight excluding hydrogens is 296 g/mol. The highest BCUT2D eigenvalue weighted by molar-refractivity contribution is 5.80. The highest BCUT2D eigenvalue weighted by Crippen LogP contribution is 2.06. The molecule has 2 aromatic rings. The van der Waals surface area contributed by atoms with Gasteiger partial charge in [-0.25, -0.2) is 4.68 Å². The van der Waals surface area contributed by atoms with Crippen molar-refractivity contribution in [1.82, 2.24) is 20.0 Å². The Morgan fingerprint density at radius 2 is 2.00 bits per heavy atom. The lowest BCUT2D eigenvalue weighted by molar-refractivity contribution is -0.134. The molecule has 2 N–H and O–H groups in total. The smallest absolute Gasteiger partial charge is 0.273 e. The first kappa shape index (κ1) is 15.5. The van der Waals surface area contributed by atoms with E-state index in [1.54, 1.807) is 24.3 Å². The van der Waals surface area contributed by atoms with Crippen LogP contribution in [0.2, 0.25) is 0 Å². The van der Waals surface area contributed by atoms with Crippen molar-refractivity contribution >= 4 is 16.7 Å². The van der Waals surface area contributed by atoms with Gasteiger partial charge in [-0.3, -0.25) is 19.5 Å². The summed E-state index contributed by atoms with van der Waals surface area (Å²) >= 11 is 0. The van der Waals surface area contributed by atoms with Crippen LogP contribution >= 0.6 is 0 Å². The number of aromatic amines is 1. The standard InChI is InChI=1S/C16H20N4O3/c1-11-10-17-7-9-19(11)14(21)6-8-20-16(23)13-5-3-2-4-12(13)15(22)18-20/h2-5,11,17H,6-10H2,1H3,(H,18,22)/t11-/m1/s1. The fourth-order valence-electron chi connectivity index (χ4n) is 2.97. The summed E-state index contributed by atoms with van der Waals surface area (Å²) < 4.78 is 1.23. The number of carbonyl (C=O) groups excluding carboxylic acids is 1. The van der Waals surface area contributed by atoms with Gasteiger partial charge in [-0.1, -0.05) is 12.1 Å². The molecule has 1 fully saturated rings.